The number of sulfonamides is 1. The number of hydrogen-bond donors (Lipinski definition) is 3. The number of ether oxygens (including phenoxy) is 1. The molecule has 1 aliphatic rings. The Labute approximate surface area is 183 Å². The van der Waals surface area contributed by atoms with E-state index in [1.165, 1.54) is 36.4 Å². The van der Waals surface area contributed by atoms with Gasteiger partial charge in [0, 0.05) is 5.69 Å². The lowest BCUT2D eigenvalue weighted by molar-refractivity contribution is -0.119. The molecule has 0 saturated carbocycles. The smallest absolute Gasteiger partial charge is 0.338 e. The van der Waals surface area contributed by atoms with Gasteiger partial charge in [-0.15, -0.1) is 0 Å². The lowest BCUT2D eigenvalue weighted by Crippen LogP contribution is -2.38. The van der Waals surface area contributed by atoms with Gasteiger partial charge in [0.15, 0.2) is 6.61 Å². The first-order valence-electron chi connectivity index (χ1n) is 9.52. The Morgan fingerprint density at radius 2 is 1.75 bits per heavy atom. The van der Waals surface area contributed by atoms with Crippen LogP contribution in [0.2, 0.25) is 0 Å². The number of para-hydroxylation sites is 1. The molecule has 0 fully saturated rings. The average molecular weight is 455 g/mol. The van der Waals surface area contributed by atoms with Gasteiger partial charge >= 0.3 is 5.97 Å². The largest absolute Gasteiger partial charge is 0.452 e. The van der Waals surface area contributed by atoms with Crippen molar-refractivity contribution in [3.8, 4) is 0 Å². The average Bonchev–Trinajstić information content (AvgIpc) is 2.77. The topological polar surface area (TPSA) is 114 Å². The normalized spacial score (nSPS) is 16.3. The van der Waals surface area contributed by atoms with Gasteiger partial charge in [0.2, 0.25) is 10.0 Å². The van der Waals surface area contributed by atoms with Gasteiger partial charge in [-0.1, -0.05) is 30.3 Å². The molecule has 3 aromatic rings. The lowest BCUT2D eigenvalue weighted by Gasteiger charge is -2.28. The van der Waals surface area contributed by atoms with Crippen molar-refractivity contribution in [1.82, 2.24) is 4.72 Å². The Morgan fingerprint density at radius 3 is 2.50 bits per heavy atom. The lowest BCUT2D eigenvalue weighted by atomic mass is 10.1. The molecule has 1 heterocycles. The van der Waals surface area contributed by atoms with Crippen LogP contribution in [0.4, 0.5) is 15.8 Å². The van der Waals surface area contributed by atoms with Gasteiger partial charge in [-0.3, -0.25) is 4.79 Å². The number of benzene rings is 3. The Bertz CT molecular complexity index is 1280. The van der Waals surface area contributed by atoms with Crippen molar-refractivity contribution in [1.29, 1.82) is 0 Å². The molecule has 0 saturated heterocycles. The van der Waals surface area contributed by atoms with Crippen LogP contribution < -0.4 is 15.4 Å². The van der Waals surface area contributed by atoms with E-state index < -0.39 is 40.5 Å². The quantitative estimate of drug-likeness (QED) is 0.510. The summed E-state index contributed by atoms with van der Waals surface area (Å²) >= 11 is 0. The maximum Gasteiger partial charge on any atom is 0.338 e. The maximum atomic E-state index is 13.2. The van der Waals surface area contributed by atoms with Crippen LogP contribution in [0, 0.1) is 5.82 Å². The van der Waals surface area contributed by atoms with Crippen LogP contribution in [0.3, 0.4) is 0 Å². The predicted octanol–water partition coefficient (Wildman–Crippen LogP) is 3.02. The van der Waals surface area contributed by atoms with Crippen LogP contribution in [-0.4, -0.2) is 26.9 Å². The number of rotatable bonds is 5. The first-order valence-corrected chi connectivity index (χ1v) is 11.0. The number of esters is 1. The molecule has 0 bridgehead atoms. The highest BCUT2D eigenvalue weighted by molar-refractivity contribution is 7.89. The number of amides is 1. The predicted molar refractivity (Wildman–Crippen MR) is 115 cm³/mol. The van der Waals surface area contributed by atoms with E-state index >= 15 is 0 Å². The Morgan fingerprint density at radius 1 is 1.00 bits per heavy atom. The molecule has 1 amide bonds. The van der Waals surface area contributed by atoms with Crippen LogP contribution in [0.5, 0.6) is 0 Å². The van der Waals surface area contributed by atoms with Gasteiger partial charge in [0.25, 0.3) is 5.91 Å². The molecule has 0 aliphatic carbocycles. The first-order chi connectivity index (χ1) is 15.3. The summed E-state index contributed by atoms with van der Waals surface area (Å²) < 4.78 is 45.6. The minimum absolute atomic E-state index is 0.160. The monoisotopic (exact) mass is 455 g/mol. The standard InChI is InChI=1S/C22H18FN3O5S/c23-16-4-3-5-17(12-16)24-20(27)13-31-22(28)15-10-8-14(9-11-15)21-25-18-6-1-2-7-19(18)32(29,30)26-21/h1-12,21,25-26H,13H2,(H,24,27). The van der Waals surface area contributed by atoms with E-state index in [2.05, 4.69) is 15.4 Å². The summed E-state index contributed by atoms with van der Waals surface area (Å²) in [5.41, 5.74) is 1.50. The van der Waals surface area contributed by atoms with Crippen molar-refractivity contribution in [2.75, 3.05) is 17.2 Å². The van der Waals surface area contributed by atoms with E-state index in [1.54, 1.807) is 30.3 Å². The minimum Gasteiger partial charge on any atom is -0.452 e. The van der Waals surface area contributed by atoms with Gasteiger partial charge in [-0.05, 0) is 48.0 Å². The molecule has 8 nitrogen and oxygen atoms in total. The number of nitrogens with one attached hydrogen (secondary N) is 3. The maximum absolute atomic E-state index is 13.2. The number of carbonyl (C=O) groups is 2. The summed E-state index contributed by atoms with van der Waals surface area (Å²) in [5.74, 6) is -1.84. The van der Waals surface area contributed by atoms with Crippen molar-refractivity contribution in [2.24, 2.45) is 0 Å². The van der Waals surface area contributed by atoms with E-state index in [0.717, 1.165) is 6.07 Å². The van der Waals surface area contributed by atoms with Gasteiger partial charge < -0.3 is 15.4 Å². The highest BCUT2D eigenvalue weighted by atomic mass is 32.2. The molecule has 1 aliphatic heterocycles. The first kappa shape index (κ1) is 21.5. The molecule has 10 heteroatoms. The van der Waals surface area contributed by atoms with E-state index in [4.69, 9.17) is 4.74 Å². The van der Waals surface area contributed by atoms with E-state index in [1.807, 2.05) is 0 Å². The van der Waals surface area contributed by atoms with Crippen LogP contribution in [0.15, 0.2) is 77.7 Å². The van der Waals surface area contributed by atoms with Crippen LogP contribution in [0.1, 0.15) is 22.1 Å². The zero-order valence-corrected chi connectivity index (χ0v) is 17.4. The summed E-state index contributed by atoms with van der Waals surface area (Å²) in [6, 6.07) is 18.0. The molecule has 32 heavy (non-hydrogen) atoms. The molecule has 0 radical (unpaired) electrons. The second kappa shape index (κ2) is 8.77. The second-order valence-electron chi connectivity index (χ2n) is 6.95. The zero-order valence-electron chi connectivity index (χ0n) is 16.5. The molecule has 3 N–H and O–H groups in total. The van der Waals surface area contributed by atoms with Gasteiger partial charge in [-0.25, -0.2) is 17.6 Å². The summed E-state index contributed by atoms with van der Waals surface area (Å²) in [6.07, 6.45) is -0.711. The van der Waals surface area contributed by atoms with Crippen molar-refractivity contribution >= 4 is 33.3 Å². The van der Waals surface area contributed by atoms with Crippen LogP contribution >= 0.6 is 0 Å². The molecule has 0 aromatic heterocycles. The number of halogens is 1. The fourth-order valence-electron chi connectivity index (χ4n) is 3.16. The third kappa shape index (κ3) is 4.76. The summed E-state index contributed by atoms with van der Waals surface area (Å²) in [6.45, 7) is -0.544. The Balaban J connectivity index is 1.37. The fourth-order valence-corrected chi connectivity index (χ4v) is 4.47. The van der Waals surface area contributed by atoms with Crippen LogP contribution in [-0.2, 0) is 19.6 Å². The second-order valence-corrected chi connectivity index (χ2v) is 8.63. The van der Waals surface area contributed by atoms with E-state index in [0.29, 0.717) is 11.3 Å². The molecule has 3 aromatic carbocycles. The molecular formula is C22H18FN3O5S. The van der Waals surface area contributed by atoms with Crippen molar-refractivity contribution in [2.45, 2.75) is 11.1 Å². The molecular weight excluding hydrogens is 437 g/mol. The molecule has 164 valence electrons. The molecule has 0 spiro atoms. The van der Waals surface area contributed by atoms with Crippen molar-refractivity contribution in [3.05, 3.63) is 89.7 Å². The van der Waals surface area contributed by atoms with Gasteiger partial charge in [-0.2, -0.15) is 4.72 Å². The SMILES string of the molecule is O=C(COC(=O)c1ccc(C2Nc3ccccc3S(=O)(=O)N2)cc1)Nc1cccc(F)c1. The van der Waals surface area contributed by atoms with Gasteiger partial charge in [0.1, 0.15) is 16.9 Å². The van der Waals surface area contributed by atoms with Crippen molar-refractivity contribution in [3.63, 3.8) is 0 Å². The third-order valence-corrected chi connectivity index (χ3v) is 6.15. The fraction of sp³-hybridized carbons (Fsp3) is 0.0909. The van der Waals surface area contributed by atoms with Crippen LogP contribution in [0.25, 0.3) is 0 Å². The highest BCUT2D eigenvalue weighted by Crippen LogP contribution is 2.30. The third-order valence-electron chi connectivity index (χ3n) is 4.67. The summed E-state index contributed by atoms with van der Waals surface area (Å²) in [4.78, 5) is 24.3. The molecule has 1 unspecified atom stereocenters. The molecule has 4 rings (SSSR count). The van der Waals surface area contributed by atoms with Gasteiger partial charge in [0.05, 0.1) is 11.3 Å². The van der Waals surface area contributed by atoms with Crippen molar-refractivity contribution < 1.29 is 27.1 Å². The minimum atomic E-state index is -3.68. The number of carbonyl (C=O) groups excluding carboxylic acids is 2. The summed E-state index contributed by atoms with van der Waals surface area (Å²) in [5, 5.41) is 5.53. The Kier molecular flexibility index (Phi) is 5.89. The number of fused-ring (bicyclic) bond motifs is 1. The Hall–Kier alpha value is -3.76. The van der Waals surface area contributed by atoms with E-state index in [-0.39, 0.29) is 16.1 Å². The summed E-state index contributed by atoms with van der Waals surface area (Å²) in [7, 11) is -3.68. The van der Waals surface area contributed by atoms with E-state index in [9.17, 15) is 22.4 Å². The zero-order chi connectivity index (χ0) is 22.7. The molecule has 1 atom stereocenters. The number of anilines is 2. The number of hydrogen-bond acceptors (Lipinski definition) is 6. The highest BCUT2D eigenvalue weighted by Gasteiger charge is 2.29.